The molecule has 98 valence electrons. The Hall–Kier alpha value is -1.87. The lowest BCUT2D eigenvalue weighted by molar-refractivity contribution is 0.111. The Bertz CT molecular complexity index is 615. The van der Waals surface area contributed by atoms with Crippen LogP contribution in [0.2, 0.25) is 5.02 Å². The van der Waals surface area contributed by atoms with Crippen molar-refractivity contribution in [3.05, 3.63) is 57.9 Å². The van der Waals surface area contributed by atoms with E-state index in [1.165, 1.54) is 12.1 Å². The number of carbonyl (C=O) groups is 1. The first-order valence-corrected chi connectivity index (χ1v) is 6.09. The zero-order valence-corrected chi connectivity index (χ0v) is 11.3. The Balaban J connectivity index is 2.48. The van der Waals surface area contributed by atoms with Crippen molar-refractivity contribution in [3.8, 4) is 11.5 Å². The maximum Gasteiger partial charge on any atom is 0.156 e. The van der Waals surface area contributed by atoms with Crippen LogP contribution in [0.4, 0.5) is 4.39 Å². The van der Waals surface area contributed by atoms with Crippen LogP contribution >= 0.6 is 11.6 Å². The molecular formula is C15H12ClFO2. The summed E-state index contributed by atoms with van der Waals surface area (Å²) in [5, 5.41) is 0.609. The van der Waals surface area contributed by atoms with E-state index in [4.69, 9.17) is 16.3 Å². The number of ether oxygens (including phenoxy) is 1. The first-order valence-electron chi connectivity index (χ1n) is 5.71. The van der Waals surface area contributed by atoms with E-state index in [-0.39, 0.29) is 11.3 Å². The van der Waals surface area contributed by atoms with Gasteiger partial charge in [-0.1, -0.05) is 17.7 Å². The van der Waals surface area contributed by atoms with Gasteiger partial charge in [-0.3, -0.25) is 4.79 Å². The van der Waals surface area contributed by atoms with E-state index in [0.29, 0.717) is 17.1 Å². The normalized spacial score (nSPS) is 10.3. The van der Waals surface area contributed by atoms with Gasteiger partial charge in [-0.2, -0.15) is 0 Å². The summed E-state index contributed by atoms with van der Waals surface area (Å²) >= 11 is 5.94. The van der Waals surface area contributed by atoms with Gasteiger partial charge in [-0.05, 0) is 49.2 Å². The zero-order chi connectivity index (χ0) is 14.0. The van der Waals surface area contributed by atoms with Crippen LogP contribution in [-0.2, 0) is 0 Å². The topological polar surface area (TPSA) is 26.3 Å². The third-order valence-corrected chi connectivity index (χ3v) is 2.99. The van der Waals surface area contributed by atoms with Crippen LogP contribution in [0.15, 0.2) is 30.3 Å². The lowest BCUT2D eigenvalue weighted by atomic mass is 10.1. The van der Waals surface area contributed by atoms with Gasteiger partial charge in [0.1, 0.15) is 17.3 Å². The number of hydrogen-bond acceptors (Lipinski definition) is 2. The highest BCUT2D eigenvalue weighted by molar-refractivity contribution is 6.30. The van der Waals surface area contributed by atoms with Gasteiger partial charge in [0.2, 0.25) is 0 Å². The molecule has 2 aromatic carbocycles. The van der Waals surface area contributed by atoms with Gasteiger partial charge < -0.3 is 4.74 Å². The summed E-state index contributed by atoms with van der Waals surface area (Å²) in [7, 11) is 0. The van der Waals surface area contributed by atoms with Crippen LogP contribution in [0.3, 0.4) is 0 Å². The van der Waals surface area contributed by atoms with Crippen molar-refractivity contribution in [3.63, 3.8) is 0 Å². The van der Waals surface area contributed by atoms with Gasteiger partial charge in [0, 0.05) is 5.02 Å². The number of carbonyl (C=O) groups excluding carboxylic acids is 1. The average molecular weight is 279 g/mol. The van der Waals surface area contributed by atoms with Gasteiger partial charge in [0.15, 0.2) is 6.29 Å². The smallest absolute Gasteiger partial charge is 0.156 e. The van der Waals surface area contributed by atoms with Gasteiger partial charge in [-0.15, -0.1) is 0 Å². The first kappa shape index (κ1) is 13.6. The molecule has 0 saturated carbocycles. The van der Waals surface area contributed by atoms with Crippen molar-refractivity contribution in [1.29, 1.82) is 0 Å². The fourth-order valence-electron chi connectivity index (χ4n) is 1.89. The molecule has 0 unspecified atom stereocenters. The first-order chi connectivity index (χ1) is 9.02. The van der Waals surface area contributed by atoms with E-state index in [2.05, 4.69) is 0 Å². The molecule has 0 bridgehead atoms. The second-order valence-electron chi connectivity index (χ2n) is 4.24. The molecule has 0 saturated heterocycles. The Kier molecular flexibility index (Phi) is 3.86. The van der Waals surface area contributed by atoms with E-state index >= 15 is 0 Å². The molecule has 2 aromatic rings. The van der Waals surface area contributed by atoms with E-state index < -0.39 is 5.82 Å². The third kappa shape index (κ3) is 2.76. The fourth-order valence-corrected chi connectivity index (χ4v) is 2.22. The molecule has 0 spiro atoms. The molecule has 19 heavy (non-hydrogen) atoms. The molecule has 0 amide bonds. The van der Waals surface area contributed by atoms with Crippen molar-refractivity contribution in [1.82, 2.24) is 0 Å². The summed E-state index contributed by atoms with van der Waals surface area (Å²) in [5.41, 5.74) is 1.56. The lowest BCUT2D eigenvalue weighted by Crippen LogP contribution is -1.97. The van der Waals surface area contributed by atoms with Crippen LogP contribution in [0, 0.1) is 19.7 Å². The lowest BCUT2D eigenvalue weighted by Gasteiger charge is -2.13. The van der Waals surface area contributed by atoms with Gasteiger partial charge in [0.05, 0.1) is 5.56 Å². The van der Waals surface area contributed by atoms with E-state index in [0.717, 1.165) is 11.1 Å². The van der Waals surface area contributed by atoms with E-state index in [1.807, 2.05) is 13.8 Å². The van der Waals surface area contributed by atoms with Gasteiger partial charge in [0.25, 0.3) is 0 Å². The standard InChI is InChI=1S/C15H12ClFO2/c1-9-6-11(16)7-10(2)15(9)19-14-5-3-4-13(17)12(14)8-18/h3-8H,1-2H3. The maximum absolute atomic E-state index is 13.5. The van der Waals surface area contributed by atoms with Crippen LogP contribution in [-0.4, -0.2) is 6.29 Å². The van der Waals surface area contributed by atoms with Crippen molar-refractivity contribution in [2.75, 3.05) is 0 Å². The van der Waals surface area contributed by atoms with Crippen molar-refractivity contribution in [2.24, 2.45) is 0 Å². The van der Waals surface area contributed by atoms with Crippen LogP contribution < -0.4 is 4.74 Å². The summed E-state index contributed by atoms with van der Waals surface area (Å²) in [6, 6.07) is 7.78. The average Bonchev–Trinajstić information content (AvgIpc) is 2.34. The number of hydrogen-bond donors (Lipinski definition) is 0. The van der Waals surface area contributed by atoms with Crippen molar-refractivity contribution < 1.29 is 13.9 Å². The Morgan fingerprint density at radius 1 is 1.21 bits per heavy atom. The quantitative estimate of drug-likeness (QED) is 0.761. The molecule has 0 fully saturated rings. The summed E-state index contributed by atoms with van der Waals surface area (Å²) in [6.07, 6.45) is 0.450. The summed E-state index contributed by atoms with van der Waals surface area (Å²) in [6.45, 7) is 3.68. The minimum absolute atomic E-state index is 0.0868. The number of halogens is 2. The number of aldehydes is 1. The van der Waals surface area contributed by atoms with Gasteiger partial charge in [-0.25, -0.2) is 4.39 Å². The molecule has 0 heterocycles. The number of aryl methyl sites for hydroxylation is 2. The van der Waals surface area contributed by atoms with Crippen molar-refractivity contribution >= 4 is 17.9 Å². The Morgan fingerprint density at radius 2 is 1.84 bits per heavy atom. The largest absolute Gasteiger partial charge is 0.456 e. The highest BCUT2D eigenvalue weighted by Gasteiger charge is 2.12. The monoisotopic (exact) mass is 278 g/mol. The highest BCUT2D eigenvalue weighted by atomic mass is 35.5. The van der Waals surface area contributed by atoms with Crippen molar-refractivity contribution in [2.45, 2.75) is 13.8 Å². The predicted molar refractivity (Wildman–Crippen MR) is 72.8 cm³/mol. The summed E-state index contributed by atoms with van der Waals surface area (Å²) in [4.78, 5) is 10.9. The molecule has 0 N–H and O–H groups in total. The summed E-state index contributed by atoms with van der Waals surface area (Å²) in [5.74, 6) is 0.179. The van der Waals surface area contributed by atoms with Crippen LogP contribution in [0.5, 0.6) is 11.5 Å². The Morgan fingerprint density at radius 3 is 2.42 bits per heavy atom. The molecule has 0 aliphatic heterocycles. The third-order valence-electron chi connectivity index (χ3n) is 2.77. The molecule has 2 rings (SSSR count). The zero-order valence-electron chi connectivity index (χ0n) is 10.5. The molecule has 4 heteroatoms. The second kappa shape index (κ2) is 5.41. The molecule has 0 aromatic heterocycles. The minimum atomic E-state index is -0.600. The molecule has 0 atom stereocenters. The molecule has 0 aliphatic carbocycles. The van der Waals surface area contributed by atoms with E-state index in [9.17, 15) is 9.18 Å². The van der Waals surface area contributed by atoms with Crippen LogP contribution in [0.1, 0.15) is 21.5 Å². The number of benzene rings is 2. The second-order valence-corrected chi connectivity index (χ2v) is 4.68. The van der Waals surface area contributed by atoms with Gasteiger partial charge >= 0.3 is 0 Å². The summed E-state index contributed by atoms with van der Waals surface area (Å²) < 4.78 is 19.2. The highest BCUT2D eigenvalue weighted by Crippen LogP contribution is 2.33. The molecule has 0 radical (unpaired) electrons. The number of rotatable bonds is 3. The van der Waals surface area contributed by atoms with E-state index in [1.54, 1.807) is 18.2 Å². The Labute approximate surface area is 115 Å². The molecule has 0 aliphatic rings. The SMILES string of the molecule is Cc1cc(Cl)cc(C)c1Oc1cccc(F)c1C=O. The predicted octanol–water partition coefficient (Wildman–Crippen LogP) is 4.70. The molecule has 2 nitrogen and oxygen atoms in total. The maximum atomic E-state index is 13.5. The molecular weight excluding hydrogens is 267 g/mol. The fraction of sp³-hybridized carbons (Fsp3) is 0.133. The van der Waals surface area contributed by atoms with Crippen LogP contribution in [0.25, 0.3) is 0 Å². The minimum Gasteiger partial charge on any atom is -0.456 e.